The summed E-state index contributed by atoms with van der Waals surface area (Å²) in [5, 5.41) is 0. The van der Waals surface area contributed by atoms with Gasteiger partial charge in [0.25, 0.3) is 0 Å². The maximum Gasteiger partial charge on any atom is 0.0314 e. The van der Waals surface area contributed by atoms with Crippen LogP contribution in [0.2, 0.25) is 0 Å². The Morgan fingerprint density at radius 1 is 1.23 bits per heavy atom. The van der Waals surface area contributed by atoms with Crippen LogP contribution < -0.4 is 0 Å². The molecule has 2 heteroatoms. The summed E-state index contributed by atoms with van der Waals surface area (Å²) in [6.07, 6.45) is 2.09. The van der Waals surface area contributed by atoms with Gasteiger partial charge in [0, 0.05) is 9.37 Å². The van der Waals surface area contributed by atoms with Gasteiger partial charge in [-0.1, -0.05) is 26.8 Å². The first-order valence-electron chi connectivity index (χ1n) is 4.29. The molecule has 0 unspecified atom stereocenters. The third-order valence-corrected chi connectivity index (χ3v) is 3.73. The second-order valence-corrected chi connectivity index (χ2v) is 5.80. The van der Waals surface area contributed by atoms with Crippen LogP contribution in [0.25, 0.3) is 0 Å². The average Bonchev–Trinajstić information content (AvgIpc) is 2.02. The number of rotatable bonds is 1. The van der Waals surface area contributed by atoms with E-state index in [0.29, 0.717) is 0 Å². The van der Waals surface area contributed by atoms with Crippen molar-refractivity contribution in [3.8, 4) is 0 Å². The molecule has 0 amide bonds. The smallest absolute Gasteiger partial charge is 0.0314 e. The lowest BCUT2D eigenvalue weighted by atomic mass is 9.87. The zero-order chi connectivity index (χ0) is 10.1. The van der Waals surface area contributed by atoms with Gasteiger partial charge in [-0.25, -0.2) is 0 Å². The van der Waals surface area contributed by atoms with Crippen LogP contribution in [-0.2, 0) is 5.41 Å². The first-order valence-corrected chi connectivity index (χ1v) is 6.31. The second kappa shape index (κ2) is 4.05. The van der Waals surface area contributed by atoms with E-state index in [9.17, 15) is 0 Å². The van der Waals surface area contributed by atoms with Gasteiger partial charge in [-0.2, -0.15) is 0 Å². The molecular weight excluding hydrogens is 244 g/mol. The first-order chi connectivity index (χ1) is 5.95. The summed E-state index contributed by atoms with van der Waals surface area (Å²) in [7, 11) is 0. The maximum absolute atomic E-state index is 3.58. The molecule has 0 bridgehead atoms. The molecule has 0 saturated carbocycles. The fourth-order valence-corrected chi connectivity index (χ4v) is 2.46. The van der Waals surface area contributed by atoms with E-state index in [1.54, 1.807) is 11.8 Å². The molecule has 0 saturated heterocycles. The Bertz CT molecular complexity index is 299. The molecule has 13 heavy (non-hydrogen) atoms. The summed E-state index contributed by atoms with van der Waals surface area (Å²) in [5.74, 6) is 0. The largest absolute Gasteiger partial charge is 0.128 e. The van der Waals surface area contributed by atoms with Crippen LogP contribution in [0.5, 0.6) is 0 Å². The highest BCUT2D eigenvalue weighted by Crippen LogP contribution is 2.31. The van der Waals surface area contributed by atoms with Crippen LogP contribution in [-0.4, -0.2) is 6.26 Å². The van der Waals surface area contributed by atoms with Crippen molar-refractivity contribution in [1.29, 1.82) is 0 Å². The fraction of sp³-hybridized carbons (Fsp3) is 0.455. The summed E-state index contributed by atoms with van der Waals surface area (Å²) in [4.78, 5) is 1.30. The average molecular weight is 259 g/mol. The van der Waals surface area contributed by atoms with Crippen LogP contribution in [0, 0.1) is 0 Å². The van der Waals surface area contributed by atoms with E-state index in [1.165, 1.54) is 14.9 Å². The number of benzene rings is 1. The Balaban J connectivity index is 3.10. The van der Waals surface area contributed by atoms with Crippen molar-refractivity contribution in [2.45, 2.75) is 31.1 Å². The molecule has 0 radical (unpaired) electrons. The summed E-state index contributed by atoms with van der Waals surface area (Å²) in [6, 6.07) is 6.60. The predicted molar refractivity (Wildman–Crippen MR) is 64.6 cm³/mol. The van der Waals surface area contributed by atoms with E-state index in [4.69, 9.17) is 0 Å². The SMILES string of the molecule is CSc1ccc(C(C)(C)C)cc1Br. The maximum atomic E-state index is 3.58. The zero-order valence-corrected chi connectivity index (χ0v) is 10.9. The van der Waals surface area contributed by atoms with Crippen molar-refractivity contribution >= 4 is 27.7 Å². The van der Waals surface area contributed by atoms with E-state index in [2.05, 4.69) is 61.2 Å². The van der Waals surface area contributed by atoms with Gasteiger partial charge in [0.15, 0.2) is 0 Å². The quantitative estimate of drug-likeness (QED) is 0.670. The van der Waals surface area contributed by atoms with Gasteiger partial charge in [-0.3, -0.25) is 0 Å². The molecule has 1 aromatic carbocycles. The fourth-order valence-electron chi connectivity index (χ4n) is 1.13. The highest BCUT2D eigenvalue weighted by atomic mass is 79.9. The number of hydrogen-bond donors (Lipinski definition) is 0. The van der Waals surface area contributed by atoms with E-state index in [0.717, 1.165) is 0 Å². The number of hydrogen-bond acceptors (Lipinski definition) is 1. The summed E-state index contributed by atoms with van der Waals surface area (Å²) >= 11 is 5.35. The highest BCUT2D eigenvalue weighted by Gasteiger charge is 2.14. The third-order valence-electron chi connectivity index (χ3n) is 2.02. The zero-order valence-electron chi connectivity index (χ0n) is 8.52. The van der Waals surface area contributed by atoms with Crippen molar-refractivity contribution < 1.29 is 0 Å². The minimum atomic E-state index is 0.236. The molecule has 1 aromatic rings. The molecule has 0 heterocycles. The molecule has 0 aliphatic carbocycles. The Hall–Kier alpha value is 0.0500. The van der Waals surface area contributed by atoms with Gasteiger partial charge < -0.3 is 0 Å². The molecule has 72 valence electrons. The minimum absolute atomic E-state index is 0.236. The summed E-state index contributed by atoms with van der Waals surface area (Å²) < 4.78 is 1.20. The number of halogens is 1. The molecule has 0 N–H and O–H groups in total. The third kappa shape index (κ3) is 2.75. The molecule has 0 fully saturated rings. The monoisotopic (exact) mass is 258 g/mol. The molecule has 0 atom stereocenters. The molecule has 0 aliphatic rings. The second-order valence-electron chi connectivity index (χ2n) is 4.10. The van der Waals surface area contributed by atoms with Crippen LogP contribution in [0.3, 0.4) is 0 Å². The Morgan fingerprint density at radius 2 is 1.85 bits per heavy atom. The Labute approximate surface area is 93.2 Å². The van der Waals surface area contributed by atoms with Crippen molar-refractivity contribution in [2.24, 2.45) is 0 Å². The normalized spacial score (nSPS) is 11.8. The van der Waals surface area contributed by atoms with Gasteiger partial charge in [0.05, 0.1) is 0 Å². The van der Waals surface area contributed by atoms with Crippen molar-refractivity contribution in [3.05, 3.63) is 28.2 Å². The highest BCUT2D eigenvalue weighted by molar-refractivity contribution is 9.10. The van der Waals surface area contributed by atoms with Crippen LogP contribution in [0.15, 0.2) is 27.6 Å². The van der Waals surface area contributed by atoms with Crippen LogP contribution >= 0.6 is 27.7 Å². The number of thioether (sulfide) groups is 1. The molecular formula is C11H15BrS. The van der Waals surface area contributed by atoms with E-state index >= 15 is 0 Å². The Kier molecular flexibility index (Phi) is 3.47. The minimum Gasteiger partial charge on any atom is -0.128 e. The van der Waals surface area contributed by atoms with Gasteiger partial charge in [-0.05, 0) is 45.3 Å². The molecule has 0 nitrogen and oxygen atoms in total. The van der Waals surface area contributed by atoms with E-state index in [-0.39, 0.29) is 5.41 Å². The van der Waals surface area contributed by atoms with Gasteiger partial charge >= 0.3 is 0 Å². The van der Waals surface area contributed by atoms with Gasteiger partial charge in [-0.15, -0.1) is 11.8 Å². The lowest BCUT2D eigenvalue weighted by Gasteiger charge is -2.19. The molecule has 0 spiro atoms. The van der Waals surface area contributed by atoms with E-state index in [1.807, 2.05) is 0 Å². The van der Waals surface area contributed by atoms with Gasteiger partial charge in [0.2, 0.25) is 0 Å². The van der Waals surface area contributed by atoms with Gasteiger partial charge in [0.1, 0.15) is 0 Å². The van der Waals surface area contributed by atoms with Crippen molar-refractivity contribution in [1.82, 2.24) is 0 Å². The summed E-state index contributed by atoms with van der Waals surface area (Å²) in [6.45, 7) is 6.69. The standard InChI is InChI=1S/C11H15BrS/c1-11(2,3)8-5-6-10(13-4)9(12)7-8/h5-7H,1-4H3. The lowest BCUT2D eigenvalue weighted by Crippen LogP contribution is -2.10. The van der Waals surface area contributed by atoms with Crippen molar-refractivity contribution in [2.75, 3.05) is 6.26 Å². The van der Waals surface area contributed by atoms with Crippen molar-refractivity contribution in [3.63, 3.8) is 0 Å². The predicted octanol–water partition coefficient (Wildman–Crippen LogP) is 4.47. The van der Waals surface area contributed by atoms with Crippen LogP contribution in [0.1, 0.15) is 26.3 Å². The topological polar surface area (TPSA) is 0 Å². The lowest BCUT2D eigenvalue weighted by molar-refractivity contribution is 0.589. The van der Waals surface area contributed by atoms with Crippen LogP contribution in [0.4, 0.5) is 0 Å². The van der Waals surface area contributed by atoms with E-state index < -0.39 is 0 Å². The first kappa shape index (κ1) is 11.1. The summed E-state index contributed by atoms with van der Waals surface area (Å²) in [5.41, 5.74) is 1.61. The molecule has 0 aromatic heterocycles. The molecule has 0 aliphatic heterocycles. The molecule has 1 rings (SSSR count). The Morgan fingerprint density at radius 3 is 2.23 bits per heavy atom.